The van der Waals surface area contributed by atoms with Crippen LogP contribution in [0.25, 0.3) is 0 Å². The standard InChI is InChI=1S/C12H14N2O5/c1-13(2)10-7-18-12(15)19-11(10)8-3-5-9(6-4-8)14(16)17/h3-6,10-11H,7H2,1-2H3/t10-,11+/m1/s1. The molecule has 7 nitrogen and oxygen atoms in total. The minimum absolute atomic E-state index is 0.00328. The zero-order chi connectivity index (χ0) is 14.0. The predicted octanol–water partition coefficient (Wildman–Crippen LogP) is 1.73. The van der Waals surface area contributed by atoms with E-state index < -0.39 is 17.2 Å². The van der Waals surface area contributed by atoms with Gasteiger partial charge in [0.15, 0.2) is 0 Å². The van der Waals surface area contributed by atoms with Crippen LogP contribution in [0.2, 0.25) is 0 Å². The van der Waals surface area contributed by atoms with E-state index in [-0.39, 0.29) is 18.3 Å². The molecule has 7 heteroatoms. The summed E-state index contributed by atoms with van der Waals surface area (Å²) in [6.07, 6.45) is -1.21. The van der Waals surface area contributed by atoms with E-state index >= 15 is 0 Å². The highest BCUT2D eigenvalue weighted by Gasteiger charge is 2.35. The highest BCUT2D eigenvalue weighted by atomic mass is 16.7. The van der Waals surface area contributed by atoms with E-state index in [1.807, 2.05) is 19.0 Å². The molecular formula is C12H14N2O5. The molecule has 2 rings (SSSR count). The third-order valence-corrected chi connectivity index (χ3v) is 3.04. The lowest BCUT2D eigenvalue weighted by molar-refractivity contribution is -0.384. The van der Waals surface area contributed by atoms with Crippen LogP contribution in [0.5, 0.6) is 0 Å². The Morgan fingerprint density at radius 3 is 2.47 bits per heavy atom. The van der Waals surface area contributed by atoms with Crippen molar-refractivity contribution in [1.29, 1.82) is 0 Å². The number of hydrogen-bond donors (Lipinski definition) is 0. The number of likely N-dealkylation sites (N-methyl/N-ethyl adjacent to an activating group) is 1. The Bertz CT molecular complexity index is 485. The lowest BCUT2D eigenvalue weighted by atomic mass is 10.0. The largest absolute Gasteiger partial charge is 0.509 e. The van der Waals surface area contributed by atoms with Gasteiger partial charge in [-0.05, 0) is 31.8 Å². The molecule has 1 aromatic carbocycles. The van der Waals surface area contributed by atoms with Gasteiger partial charge in [-0.25, -0.2) is 4.79 Å². The fourth-order valence-electron chi connectivity index (χ4n) is 1.95. The minimum Gasteiger partial charge on any atom is -0.432 e. The Kier molecular flexibility index (Phi) is 3.66. The second-order valence-electron chi connectivity index (χ2n) is 4.48. The molecule has 0 bridgehead atoms. The number of hydrogen-bond acceptors (Lipinski definition) is 6. The van der Waals surface area contributed by atoms with Crippen LogP contribution >= 0.6 is 0 Å². The fourth-order valence-corrected chi connectivity index (χ4v) is 1.95. The number of non-ortho nitro benzene ring substituents is 1. The van der Waals surface area contributed by atoms with Crippen LogP contribution in [-0.2, 0) is 9.47 Å². The van der Waals surface area contributed by atoms with Crippen molar-refractivity contribution in [3.8, 4) is 0 Å². The molecule has 2 atom stereocenters. The molecule has 0 saturated carbocycles. The molecule has 0 aliphatic carbocycles. The van der Waals surface area contributed by atoms with E-state index in [1.165, 1.54) is 12.1 Å². The van der Waals surface area contributed by atoms with Gasteiger partial charge in [-0.2, -0.15) is 0 Å². The summed E-state index contributed by atoms with van der Waals surface area (Å²) in [6, 6.07) is 5.85. The first-order valence-corrected chi connectivity index (χ1v) is 5.73. The van der Waals surface area contributed by atoms with Crippen LogP contribution in [0.15, 0.2) is 24.3 Å². The smallest absolute Gasteiger partial charge is 0.432 e. The van der Waals surface area contributed by atoms with Crippen molar-refractivity contribution in [3.05, 3.63) is 39.9 Å². The third-order valence-electron chi connectivity index (χ3n) is 3.04. The molecule has 0 N–H and O–H groups in total. The molecule has 0 aromatic heterocycles. The molecule has 1 aliphatic rings. The third kappa shape index (κ3) is 2.82. The summed E-state index contributed by atoms with van der Waals surface area (Å²) in [5.74, 6) is 0. The molecular weight excluding hydrogens is 252 g/mol. The second-order valence-corrected chi connectivity index (χ2v) is 4.48. The number of nitro benzene ring substituents is 1. The van der Waals surface area contributed by atoms with Crippen molar-refractivity contribution in [2.24, 2.45) is 0 Å². The van der Waals surface area contributed by atoms with Gasteiger partial charge in [-0.15, -0.1) is 0 Å². The number of nitro groups is 1. The zero-order valence-corrected chi connectivity index (χ0v) is 10.6. The summed E-state index contributed by atoms with van der Waals surface area (Å²) < 4.78 is 10.0. The Morgan fingerprint density at radius 1 is 1.32 bits per heavy atom. The van der Waals surface area contributed by atoms with Crippen LogP contribution < -0.4 is 0 Å². The van der Waals surface area contributed by atoms with Crippen LogP contribution in [-0.4, -0.2) is 42.7 Å². The lowest BCUT2D eigenvalue weighted by Crippen LogP contribution is -2.44. The normalized spacial score (nSPS) is 22.8. The summed E-state index contributed by atoms with van der Waals surface area (Å²) in [5, 5.41) is 10.6. The number of cyclic esters (lactones) is 2. The highest BCUT2D eigenvalue weighted by Crippen LogP contribution is 2.29. The Morgan fingerprint density at radius 2 is 1.95 bits per heavy atom. The van der Waals surface area contributed by atoms with Crippen LogP contribution in [0.3, 0.4) is 0 Å². The Hall–Kier alpha value is -2.15. The first-order chi connectivity index (χ1) is 8.99. The molecule has 0 unspecified atom stereocenters. The quantitative estimate of drug-likeness (QED) is 0.471. The van der Waals surface area contributed by atoms with Crippen molar-refractivity contribution in [3.63, 3.8) is 0 Å². The van der Waals surface area contributed by atoms with E-state index in [0.717, 1.165) is 0 Å². The number of nitrogens with zero attached hydrogens (tertiary/aromatic N) is 2. The summed E-state index contributed by atoms with van der Waals surface area (Å²) in [5.41, 5.74) is 0.712. The molecule has 19 heavy (non-hydrogen) atoms. The second kappa shape index (κ2) is 5.23. The molecule has 1 aromatic rings. The zero-order valence-electron chi connectivity index (χ0n) is 10.6. The van der Waals surface area contributed by atoms with Gasteiger partial charge in [0.05, 0.1) is 11.0 Å². The maximum atomic E-state index is 11.2. The van der Waals surface area contributed by atoms with Crippen molar-refractivity contribution >= 4 is 11.8 Å². The summed E-state index contributed by atoms with van der Waals surface area (Å²) in [7, 11) is 3.71. The number of carbonyl (C=O) groups is 1. The van der Waals surface area contributed by atoms with E-state index in [2.05, 4.69) is 0 Å². The maximum absolute atomic E-state index is 11.2. The van der Waals surface area contributed by atoms with Crippen molar-refractivity contribution < 1.29 is 19.2 Å². The summed E-state index contributed by atoms with van der Waals surface area (Å²) in [4.78, 5) is 23.2. The van der Waals surface area contributed by atoms with Crippen LogP contribution in [0, 0.1) is 10.1 Å². The Balaban J connectivity index is 2.25. The molecule has 1 aliphatic heterocycles. The summed E-state index contributed by atoms with van der Waals surface area (Å²) in [6.45, 7) is 0.230. The highest BCUT2D eigenvalue weighted by molar-refractivity contribution is 5.61. The predicted molar refractivity (Wildman–Crippen MR) is 65.7 cm³/mol. The molecule has 0 radical (unpaired) electrons. The van der Waals surface area contributed by atoms with Gasteiger partial charge in [0.1, 0.15) is 12.7 Å². The van der Waals surface area contributed by atoms with Gasteiger partial charge in [-0.3, -0.25) is 15.0 Å². The average molecular weight is 266 g/mol. The molecule has 1 heterocycles. The SMILES string of the molecule is CN(C)[C@@H]1COC(=O)O[C@H]1c1ccc([N+](=O)[O-])cc1. The van der Waals surface area contributed by atoms with Crippen molar-refractivity contribution in [2.75, 3.05) is 20.7 Å². The number of rotatable bonds is 3. The first-order valence-electron chi connectivity index (χ1n) is 5.73. The molecule has 0 amide bonds. The number of ether oxygens (including phenoxy) is 2. The molecule has 102 valence electrons. The van der Waals surface area contributed by atoms with E-state index in [4.69, 9.17) is 9.47 Å². The summed E-state index contributed by atoms with van der Waals surface area (Å²) >= 11 is 0. The van der Waals surface area contributed by atoms with E-state index in [1.54, 1.807) is 12.1 Å². The van der Waals surface area contributed by atoms with Gasteiger partial charge in [-0.1, -0.05) is 0 Å². The fraction of sp³-hybridized carbons (Fsp3) is 0.417. The van der Waals surface area contributed by atoms with E-state index in [9.17, 15) is 14.9 Å². The monoisotopic (exact) mass is 266 g/mol. The van der Waals surface area contributed by atoms with Gasteiger partial charge >= 0.3 is 6.16 Å². The maximum Gasteiger partial charge on any atom is 0.509 e. The molecule has 1 saturated heterocycles. The Labute approximate surface area is 109 Å². The topological polar surface area (TPSA) is 81.9 Å². The molecule has 0 spiro atoms. The van der Waals surface area contributed by atoms with Crippen LogP contribution in [0.4, 0.5) is 10.5 Å². The first kappa shape index (κ1) is 13.3. The molecule has 1 fully saturated rings. The van der Waals surface area contributed by atoms with E-state index in [0.29, 0.717) is 5.56 Å². The van der Waals surface area contributed by atoms with Crippen molar-refractivity contribution in [1.82, 2.24) is 4.90 Å². The minimum atomic E-state index is -0.721. The van der Waals surface area contributed by atoms with Gasteiger partial charge < -0.3 is 9.47 Å². The number of carbonyl (C=O) groups excluding carboxylic acids is 1. The average Bonchev–Trinajstić information content (AvgIpc) is 2.38. The van der Waals surface area contributed by atoms with Gasteiger partial charge in [0.25, 0.3) is 5.69 Å². The van der Waals surface area contributed by atoms with Crippen LogP contribution in [0.1, 0.15) is 11.7 Å². The van der Waals surface area contributed by atoms with Gasteiger partial charge in [0, 0.05) is 12.1 Å². The van der Waals surface area contributed by atoms with Crippen molar-refractivity contribution in [2.45, 2.75) is 12.1 Å². The van der Waals surface area contributed by atoms with Gasteiger partial charge in [0.2, 0.25) is 0 Å². The lowest BCUT2D eigenvalue weighted by Gasteiger charge is -2.34. The number of benzene rings is 1.